The monoisotopic (exact) mass is 361 g/mol. The molecule has 0 atom stereocenters. The Morgan fingerprint density at radius 2 is 1.96 bits per heavy atom. The predicted molar refractivity (Wildman–Crippen MR) is 84.3 cm³/mol. The number of nitrogens with zero attached hydrogens (tertiary/aromatic N) is 3. The lowest BCUT2D eigenvalue weighted by atomic mass is 10.2. The first-order valence-electron chi connectivity index (χ1n) is 6.91. The van der Waals surface area contributed by atoms with Crippen molar-refractivity contribution < 1.29 is 18.1 Å². The number of aromatic nitrogens is 2. The van der Waals surface area contributed by atoms with E-state index in [0.29, 0.717) is 36.5 Å². The number of nitro groups is 1. The van der Waals surface area contributed by atoms with Gasteiger partial charge < -0.3 is 10.6 Å². The van der Waals surface area contributed by atoms with Crippen LogP contribution >= 0.6 is 11.3 Å². The first kappa shape index (κ1) is 17.9. The summed E-state index contributed by atoms with van der Waals surface area (Å²) < 4.78 is 37.1. The smallest absolute Gasteiger partial charge is 0.379 e. The maximum absolute atomic E-state index is 12.4. The van der Waals surface area contributed by atoms with Crippen LogP contribution < -0.4 is 10.6 Å². The summed E-state index contributed by atoms with van der Waals surface area (Å²) in [5.41, 5.74) is 1.17. The molecule has 0 spiro atoms. The number of nitrogens with one attached hydrogen (secondary N) is 2. The average molecular weight is 361 g/mol. The Morgan fingerprint density at radius 3 is 2.58 bits per heavy atom. The molecule has 1 aromatic heterocycles. The van der Waals surface area contributed by atoms with Gasteiger partial charge in [-0.15, -0.1) is 10.2 Å². The van der Waals surface area contributed by atoms with Crippen molar-refractivity contribution in [2.75, 3.05) is 23.7 Å². The first-order valence-corrected chi connectivity index (χ1v) is 7.72. The molecule has 0 saturated carbocycles. The van der Waals surface area contributed by atoms with Gasteiger partial charge in [0.15, 0.2) is 0 Å². The van der Waals surface area contributed by atoms with E-state index in [9.17, 15) is 23.3 Å². The van der Waals surface area contributed by atoms with Crippen molar-refractivity contribution in [3.8, 4) is 0 Å². The normalized spacial score (nSPS) is 11.3. The van der Waals surface area contributed by atoms with Crippen LogP contribution in [0.25, 0.3) is 0 Å². The van der Waals surface area contributed by atoms with Gasteiger partial charge in [-0.3, -0.25) is 10.1 Å². The van der Waals surface area contributed by atoms with Crippen molar-refractivity contribution in [3.05, 3.63) is 38.9 Å². The molecule has 0 bridgehead atoms. The van der Waals surface area contributed by atoms with Crippen LogP contribution in [0.3, 0.4) is 0 Å². The van der Waals surface area contributed by atoms with E-state index in [2.05, 4.69) is 20.8 Å². The van der Waals surface area contributed by atoms with Crippen molar-refractivity contribution >= 4 is 27.8 Å². The van der Waals surface area contributed by atoms with E-state index < -0.39 is 16.1 Å². The van der Waals surface area contributed by atoms with Gasteiger partial charge >= 0.3 is 6.18 Å². The van der Waals surface area contributed by atoms with Crippen LogP contribution in [0.5, 0.6) is 0 Å². The standard InChI is InChI=1S/C13H14F3N5O2S/c1-8-3-4-9(10(7-8)21(22)23)17-5-2-6-18-12-20-19-11(24-12)13(14,15)16/h3-4,7,17H,2,5-6H2,1H3,(H,18,20). The van der Waals surface area contributed by atoms with E-state index in [1.165, 1.54) is 6.07 Å². The topological polar surface area (TPSA) is 93.0 Å². The zero-order chi connectivity index (χ0) is 17.7. The minimum Gasteiger partial charge on any atom is -0.379 e. The van der Waals surface area contributed by atoms with Gasteiger partial charge in [-0.25, -0.2) is 0 Å². The van der Waals surface area contributed by atoms with Gasteiger partial charge in [-0.1, -0.05) is 17.4 Å². The molecule has 7 nitrogen and oxygen atoms in total. The van der Waals surface area contributed by atoms with Crippen molar-refractivity contribution in [2.24, 2.45) is 0 Å². The zero-order valence-electron chi connectivity index (χ0n) is 12.6. The summed E-state index contributed by atoms with van der Waals surface area (Å²) in [6.45, 7) is 2.54. The highest BCUT2D eigenvalue weighted by Crippen LogP contribution is 2.32. The number of halogens is 3. The summed E-state index contributed by atoms with van der Waals surface area (Å²) >= 11 is 0.434. The predicted octanol–water partition coefficient (Wildman–Crippen LogP) is 3.69. The number of alkyl halides is 3. The lowest BCUT2D eigenvalue weighted by Gasteiger charge is -2.08. The van der Waals surface area contributed by atoms with Crippen LogP contribution in [0.15, 0.2) is 18.2 Å². The Balaban J connectivity index is 1.80. The van der Waals surface area contributed by atoms with E-state index in [0.717, 1.165) is 5.56 Å². The van der Waals surface area contributed by atoms with E-state index in [1.54, 1.807) is 19.1 Å². The third-order valence-corrected chi connectivity index (χ3v) is 3.89. The highest BCUT2D eigenvalue weighted by atomic mass is 32.1. The SMILES string of the molecule is Cc1ccc(NCCCNc2nnc(C(F)(F)F)s2)c([N+](=O)[O-])c1. The molecule has 130 valence electrons. The summed E-state index contributed by atoms with van der Waals surface area (Å²) in [5.74, 6) is 0. The Labute approximate surface area is 139 Å². The van der Waals surface area contributed by atoms with Crippen molar-refractivity contribution in [2.45, 2.75) is 19.5 Å². The minimum atomic E-state index is -4.50. The lowest BCUT2D eigenvalue weighted by Crippen LogP contribution is -2.10. The summed E-state index contributed by atoms with van der Waals surface area (Å²) in [6.07, 6.45) is -3.96. The summed E-state index contributed by atoms with van der Waals surface area (Å²) in [5, 5.41) is 22.2. The molecule has 1 aromatic carbocycles. The van der Waals surface area contributed by atoms with Crippen LogP contribution in [0.4, 0.5) is 29.7 Å². The highest BCUT2D eigenvalue weighted by Gasteiger charge is 2.35. The molecule has 2 N–H and O–H groups in total. The van der Waals surface area contributed by atoms with Gasteiger partial charge in [-0.05, 0) is 25.0 Å². The van der Waals surface area contributed by atoms with E-state index in [1.807, 2.05) is 0 Å². The molecule has 2 rings (SSSR count). The second-order valence-electron chi connectivity index (χ2n) is 4.89. The average Bonchev–Trinajstić information content (AvgIpc) is 2.97. The molecule has 0 amide bonds. The lowest BCUT2D eigenvalue weighted by molar-refractivity contribution is -0.384. The number of nitro benzene ring substituents is 1. The highest BCUT2D eigenvalue weighted by molar-refractivity contribution is 7.15. The molecule has 0 aliphatic carbocycles. The quantitative estimate of drug-likeness (QED) is 0.444. The van der Waals surface area contributed by atoms with Gasteiger partial charge in [0.25, 0.3) is 5.69 Å². The van der Waals surface area contributed by atoms with Gasteiger partial charge in [-0.2, -0.15) is 13.2 Å². The van der Waals surface area contributed by atoms with Crippen LogP contribution in [0, 0.1) is 17.0 Å². The van der Waals surface area contributed by atoms with E-state index in [4.69, 9.17) is 0 Å². The second kappa shape index (κ2) is 7.43. The Kier molecular flexibility index (Phi) is 5.54. The first-order chi connectivity index (χ1) is 11.3. The molecule has 2 aromatic rings. The Bertz CT molecular complexity index is 720. The van der Waals surface area contributed by atoms with Crippen LogP contribution in [-0.4, -0.2) is 28.2 Å². The number of anilines is 2. The maximum Gasteiger partial charge on any atom is 0.445 e. The van der Waals surface area contributed by atoms with Gasteiger partial charge in [0.05, 0.1) is 4.92 Å². The Hall–Kier alpha value is -2.43. The van der Waals surface area contributed by atoms with Crippen LogP contribution in [0.1, 0.15) is 17.0 Å². The van der Waals surface area contributed by atoms with Crippen LogP contribution in [0.2, 0.25) is 0 Å². The Morgan fingerprint density at radius 1 is 1.25 bits per heavy atom. The molecule has 0 fully saturated rings. The molecule has 11 heteroatoms. The van der Waals surface area contributed by atoms with Gasteiger partial charge in [0.1, 0.15) is 5.69 Å². The fraction of sp³-hybridized carbons (Fsp3) is 0.385. The molecule has 1 heterocycles. The van der Waals surface area contributed by atoms with Crippen LogP contribution in [-0.2, 0) is 6.18 Å². The number of aryl methyl sites for hydroxylation is 1. The molecule has 0 unspecified atom stereocenters. The fourth-order valence-corrected chi connectivity index (χ4v) is 2.49. The third-order valence-electron chi connectivity index (χ3n) is 2.96. The fourth-order valence-electron chi connectivity index (χ4n) is 1.86. The van der Waals surface area contributed by atoms with E-state index >= 15 is 0 Å². The molecule has 0 aliphatic heterocycles. The number of benzene rings is 1. The second-order valence-corrected chi connectivity index (χ2v) is 5.87. The maximum atomic E-state index is 12.4. The molecule has 0 radical (unpaired) electrons. The number of hydrogen-bond donors (Lipinski definition) is 2. The molecular weight excluding hydrogens is 347 g/mol. The zero-order valence-corrected chi connectivity index (χ0v) is 13.4. The molecule has 24 heavy (non-hydrogen) atoms. The van der Waals surface area contributed by atoms with Crippen molar-refractivity contribution in [1.29, 1.82) is 0 Å². The molecule has 0 saturated heterocycles. The van der Waals surface area contributed by atoms with Crippen molar-refractivity contribution in [3.63, 3.8) is 0 Å². The number of hydrogen-bond acceptors (Lipinski definition) is 7. The minimum absolute atomic E-state index is 0.0121. The van der Waals surface area contributed by atoms with E-state index in [-0.39, 0.29) is 10.8 Å². The van der Waals surface area contributed by atoms with Crippen molar-refractivity contribution in [1.82, 2.24) is 10.2 Å². The molecule has 0 aliphatic rings. The van der Waals surface area contributed by atoms with Gasteiger partial charge in [0.2, 0.25) is 10.1 Å². The summed E-state index contributed by atoms with van der Waals surface area (Å²) in [7, 11) is 0. The summed E-state index contributed by atoms with van der Waals surface area (Å²) in [6, 6.07) is 4.86. The number of rotatable bonds is 7. The third kappa shape index (κ3) is 4.78. The largest absolute Gasteiger partial charge is 0.445 e. The molecular formula is C13H14F3N5O2S. The summed E-state index contributed by atoms with van der Waals surface area (Å²) in [4.78, 5) is 10.5. The van der Waals surface area contributed by atoms with Gasteiger partial charge in [0, 0.05) is 19.2 Å².